The summed E-state index contributed by atoms with van der Waals surface area (Å²) in [7, 11) is 0. The van der Waals surface area contributed by atoms with Gasteiger partial charge in [0.15, 0.2) is 0 Å². The molecule has 0 saturated heterocycles. The number of rotatable bonds is 11. The van der Waals surface area contributed by atoms with Crippen molar-refractivity contribution in [2.75, 3.05) is 18.5 Å². The van der Waals surface area contributed by atoms with Crippen LogP contribution >= 0.6 is 0 Å². The predicted octanol–water partition coefficient (Wildman–Crippen LogP) is 1.78. The molecule has 1 aromatic rings. The molecular formula is C16H23N3O6. The lowest BCUT2D eigenvalue weighted by Crippen LogP contribution is -2.40. The van der Waals surface area contributed by atoms with Crippen LogP contribution in [-0.4, -0.2) is 47.2 Å². The average Bonchev–Trinajstić information content (AvgIpc) is 2.53. The summed E-state index contributed by atoms with van der Waals surface area (Å²) in [6.07, 6.45) is 0.364. The van der Waals surface area contributed by atoms with Crippen LogP contribution in [0, 0.1) is 10.1 Å². The number of hydrogen-bond acceptors (Lipinski definition) is 6. The smallest absolute Gasteiger partial charge is 0.321 e. The number of carboxylic acid groups (broad SMARTS) is 1. The normalized spacial score (nSPS) is 12.0. The Bertz CT molecular complexity index is 605. The molecule has 1 unspecified atom stereocenters. The van der Waals surface area contributed by atoms with Crippen LogP contribution in [-0.2, 0) is 14.3 Å². The molecule has 0 aliphatic rings. The maximum atomic E-state index is 12.0. The lowest BCUT2D eigenvalue weighted by atomic mass is 10.2. The van der Waals surface area contributed by atoms with E-state index in [0.717, 1.165) is 0 Å². The van der Waals surface area contributed by atoms with Crippen LogP contribution in [0.1, 0.15) is 26.7 Å². The number of anilines is 1. The first-order chi connectivity index (χ1) is 11.8. The molecule has 25 heavy (non-hydrogen) atoms. The summed E-state index contributed by atoms with van der Waals surface area (Å²) in [5.74, 6) is -1.78. The molecule has 0 aromatic heterocycles. The standard InChI is InChI=1S/C16H23N3O6/c1-11(2)25-9-5-8-17-13(16(21)22)10-15(20)18-12-6-3-4-7-14(12)19(23)24/h3-4,6-7,11,13,17H,5,8-10H2,1-2H3,(H,18,20)(H,21,22). The third kappa shape index (κ3) is 7.73. The summed E-state index contributed by atoms with van der Waals surface area (Å²) in [6, 6.07) is 4.60. The Hall–Kier alpha value is -2.52. The van der Waals surface area contributed by atoms with Gasteiger partial charge in [0.1, 0.15) is 11.7 Å². The number of nitrogens with zero attached hydrogens (tertiary/aromatic N) is 1. The number of benzene rings is 1. The van der Waals surface area contributed by atoms with Crippen LogP contribution in [0.4, 0.5) is 11.4 Å². The zero-order valence-corrected chi connectivity index (χ0v) is 14.2. The molecule has 9 nitrogen and oxygen atoms in total. The van der Waals surface area contributed by atoms with E-state index in [-0.39, 0.29) is 23.9 Å². The number of para-hydroxylation sites is 2. The van der Waals surface area contributed by atoms with E-state index in [1.54, 1.807) is 6.07 Å². The molecule has 0 spiro atoms. The number of ether oxygens (including phenoxy) is 1. The highest BCUT2D eigenvalue weighted by atomic mass is 16.6. The van der Waals surface area contributed by atoms with E-state index in [4.69, 9.17) is 4.74 Å². The van der Waals surface area contributed by atoms with E-state index in [0.29, 0.717) is 19.6 Å². The molecule has 9 heteroatoms. The molecule has 1 atom stereocenters. The zero-order valence-electron chi connectivity index (χ0n) is 14.2. The first-order valence-corrected chi connectivity index (χ1v) is 7.92. The number of aliphatic carboxylic acids is 1. The molecule has 0 bridgehead atoms. The van der Waals surface area contributed by atoms with Gasteiger partial charge in [0, 0.05) is 12.7 Å². The summed E-state index contributed by atoms with van der Waals surface area (Å²) in [5.41, 5.74) is -0.214. The number of carbonyl (C=O) groups is 2. The molecule has 1 rings (SSSR count). The molecule has 0 radical (unpaired) electrons. The summed E-state index contributed by atoms with van der Waals surface area (Å²) in [5, 5.41) is 25.3. The first-order valence-electron chi connectivity index (χ1n) is 7.92. The van der Waals surface area contributed by atoms with Gasteiger partial charge in [-0.2, -0.15) is 0 Å². The van der Waals surface area contributed by atoms with Gasteiger partial charge in [-0.3, -0.25) is 19.7 Å². The quantitative estimate of drug-likeness (QED) is 0.314. The second-order valence-electron chi connectivity index (χ2n) is 5.64. The lowest BCUT2D eigenvalue weighted by molar-refractivity contribution is -0.383. The molecule has 1 amide bonds. The molecule has 0 aliphatic carbocycles. The Kier molecular flexibility index (Phi) is 8.51. The van der Waals surface area contributed by atoms with Gasteiger partial charge in [-0.1, -0.05) is 12.1 Å². The maximum absolute atomic E-state index is 12.0. The Balaban J connectivity index is 2.54. The van der Waals surface area contributed by atoms with Crippen molar-refractivity contribution in [1.82, 2.24) is 5.32 Å². The number of nitro benzene ring substituents is 1. The van der Waals surface area contributed by atoms with Gasteiger partial charge in [0.05, 0.1) is 17.4 Å². The van der Waals surface area contributed by atoms with Crippen molar-refractivity contribution in [2.45, 2.75) is 38.8 Å². The summed E-state index contributed by atoms with van der Waals surface area (Å²) < 4.78 is 5.35. The second kappa shape index (κ2) is 10.4. The fraction of sp³-hybridized carbons (Fsp3) is 0.500. The number of carbonyl (C=O) groups excluding carboxylic acids is 1. The SMILES string of the molecule is CC(C)OCCCNC(CC(=O)Nc1ccccc1[N+](=O)[O-])C(=O)O. The van der Waals surface area contributed by atoms with Crippen molar-refractivity contribution in [1.29, 1.82) is 0 Å². The predicted molar refractivity (Wildman–Crippen MR) is 91.5 cm³/mol. The summed E-state index contributed by atoms with van der Waals surface area (Å²) in [4.78, 5) is 33.6. The number of carboxylic acids is 1. The van der Waals surface area contributed by atoms with Gasteiger partial charge in [0.2, 0.25) is 5.91 Å². The number of nitro groups is 1. The molecular weight excluding hydrogens is 330 g/mol. The summed E-state index contributed by atoms with van der Waals surface area (Å²) in [6.45, 7) is 4.67. The van der Waals surface area contributed by atoms with Gasteiger partial charge >= 0.3 is 5.97 Å². The highest BCUT2D eigenvalue weighted by Crippen LogP contribution is 2.23. The molecule has 0 fully saturated rings. The van der Waals surface area contributed by atoms with Gasteiger partial charge in [-0.25, -0.2) is 0 Å². The van der Waals surface area contributed by atoms with Crippen molar-refractivity contribution in [3.8, 4) is 0 Å². The third-order valence-corrected chi connectivity index (χ3v) is 3.23. The number of nitrogens with one attached hydrogen (secondary N) is 2. The summed E-state index contributed by atoms with van der Waals surface area (Å²) >= 11 is 0. The maximum Gasteiger partial charge on any atom is 0.321 e. The molecule has 0 saturated carbocycles. The third-order valence-electron chi connectivity index (χ3n) is 3.23. The Morgan fingerprint density at radius 2 is 2.00 bits per heavy atom. The van der Waals surface area contributed by atoms with Crippen molar-refractivity contribution in [2.24, 2.45) is 0 Å². The minimum Gasteiger partial charge on any atom is -0.480 e. The van der Waals surface area contributed by atoms with Crippen LogP contribution in [0.2, 0.25) is 0 Å². The van der Waals surface area contributed by atoms with Crippen LogP contribution in [0.15, 0.2) is 24.3 Å². The van der Waals surface area contributed by atoms with E-state index in [9.17, 15) is 24.8 Å². The van der Waals surface area contributed by atoms with Gasteiger partial charge < -0.3 is 20.5 Å². The van der Waals surface area contributed by atoms with E-state index >= 15 is 0 Å². The topological polar surface area (TPSA) is 131 Å². The van der Waals surface area contributed by atoms with Crippen molar-refractivity contribution >= 4 is 23.3 Å². The van der Waals surface area contributed by atoms with Crippen LogP contribution in [0.3, 0.4) is 0 Å². The molecule has 0 aliphatic heterocycles. The number of hydrogen-bond donors (Lipinski definition) is 3. The first kappa shape index (κ1) is 20.5. The van der Waals surface area contributed by atoms with E-state index < -0.39 is 22.8 Å². The molecule has 3 N–H and O–H groups in total. The Morgan fingerprint density at radius 3 is 2.60 bits per heavy atom. The number of amides is 1. The van der Waals surface area contributed by atoms with E-state index in [1.807, 2.05) is 13.8 Å². The monoisotopic (exact) mass is 353 g/mol. The Labute approximate surface area is 145 Å². The molecule has 138 valence electrons. The largest absolute Gasteiger partial charge is 0.480 e. The van der Waals surface area contributed by atoms with E-state index in [2.05, 4.69) is 10.6 Å². The Morgan fingerprint density at radius 1 is 1.32 bits per heavy atom. The minimum atomic E-state index is -1.16. The van der Waals surface area contributed by atoms with Crippen LogP contribution in [0.5, 0.6) is 0 Å². The highest BCUT2D eigenvalue weighted by molar-refractivity contribution is 5.95. The molecule has 1 aromatic carbocycles. The van der Waals surface area contributed by atoms with Crippen LogP contribution < -0.4 is 10.6 Å². The highest BCUT2D eigenvalue weighted by Gasteiger charge is 2.22. The van der Waals surface area contributed by atoms with Crippen LogP contribution in [0.25, 0.3) is 0 Å². The van der Waals surface area contributed by atoms with Crippen molar-refractivity contribution < 1.29 is 24.4 Å². The van der Waals surface area contributed by atoms with Gasteiger partial charge in [0.25, 0.3) is 5.69 Å². The van der Waals surface area contributed by atoms with E-state index in [1.165, 1.54) is 18.2 Å². The van der Waals surface area contributed by atoms with Crippen molar-refractivity contribution in [3.05, 3.63) is 34.4 Å². The van der Waals surface area contributed by atoms with Gasteiger partial charge in [-0.05, 0) is 32.9 Å². The molecule has 0 heterocycles. The second-order valence-corrected chi connectivity index (χ2v) is 5.64. The van der Waals surface area contributed by atoms with Crippen molar-refractivity contribution in [3.63, 3.8) is 0 Å². The average molecular weight is 353 g/mol. The fourth-order valence-electron chi connectivity index (χ4n) is 2.04. The minimum absolute atomic E-state index is 0.0342. The zero-order chi connectivity index (χ0) is 18.8. The van der Waals surface area contributed by atoms with Gasteiger partial charge in [-0.15, -0.1) is 0 Å². The fourth-order valence-corrected chi connectivity index (χ4v) is 2.04. The lowest BCUT2D eigenvalue weighted by Gasteiger charge is -2.15.